The van der Waals surface area contributed by atoms with Gasteiger partial charge in [-0.15, -0.1) is 0 Å². The predicted octanol–water partition coefficient (Wildman–Crippen LogP) is 4.38. The van der Waals surface area contributed by atoms with Crippen molar-refractivity contribution in [3.05, 3.63) is 101 Å². The van der Waals surface area contributed by atoms with Crippen molar-refractivity contribution < 1.29 is 19.4 Å². The third-order valence-electron chi connectivity index (χ3n) is 4.92. The maximum atomic E-state index is 12.8. The van der Waals surface area contributed by atoms with E-state index in [4.69, 9.17) is 9.84 Å². The van der Waals surface area contributed by atoms with E-state index in [0.717, 1.165) is 16.7 Å². The SMILES string of the molecule is COC(Cc1cccc(/C=C/Cn2cccc2C(=O)c2ccc(C)cc2)c1)C(=O)O. The normalized spacial score (nSPS) is 12.2. The minimum Gasteiger partial charge on any atom is -0.479 e. The first kappa shape index (κ1) is 21.3. The second-order valence-corrected chi connectivity index (χ2v) is 7.16. The summed E-state index contributed by atoms with van der Waals surface area (Å²) < 4.78 is 6.92. The Morgan fingerprint density at radius 1 is 1.10 bits per heavy atom. The number of allylic oxidation sites excluding steroid dienone is 1. The van der Waals surface area contributed by atoms with Gasteiger partial charge in [0.25, 0.3) is 0 Å². The fraction of sp³-hybridized carbons (Fsp3) is 0.200. The molecule has 0 aliphatic heterocycles. The van der Waals surface area contributed by atoms with E-state index in [2.05, 4.69) is 0 Å². The molecular formula is C25H25NO4. The van der Waals surface area contributed by atoms with Gasteiger partial charge < -0.3 is 14.4 Å². The lowest BCUT2D eigenvalue weighted by molar-refractivity contribution is -0.148. The van der Waals surface area contributed by atoms with Crippen LogP contribution < -0.4 is 0 Å². The molecular weight excluding hydrogens is 378 g/mol. The lowest BCUT2D eigenvalue weighted by Crippen LogP contribution is -2.24. The van der Waals surface area contributed by atoms with Crippen molar-refractivity contribution in [2.24, 2.45) is 0 Å². The molecule has 0 amide bonds. The van der Waals surface area contributed by atoms with Gasteiger partial charge in [-0.3, -0.25) is 4.79 Å². The number of benzene rings is 2. The van der Waals surface area contributed by atoms with E-state index in [0.29, 0.717) is 24.2 Å². The number of ether oxygens (including phenoxy) is 1. The molecule has 154 valence electrons. The van der Waals surface area contributed by atoms with Gasteiger partial charge in [0.15, 0.2) is 6.10 Å². The zero-order valence-corrected chi connectivity index (χ0v) is 17.1. The number of rotatable bonds is 9. The molecule has 0 spiro atoms. The number of aryl methyl sites for hydroxylation is 1. The molecule has 3 rings (SSSR count). The highest BCUT2D eigenvalue weighted by Gasteiger charge is 2.16. The fourth-order valence-electron chi connectivity index (χ4n) is 3.24. The Labute approximate surface area is 176 Å². The number of aromatic nitrogens is 1. The number of hydrogen-bond donors (Lipinski definition) is 1. The molecule has 5 nitrogen and oxygen atoms in total. The lowest BCUT2D eigenvalue weighted by Gasteiger charge is -2.10. The van der Waals surface area contributed by atoms with E-state index in [1.807, 2.05) is 90.5 Å². The topological polar surface area (TPSA) is 68.5 Å². The Morgan fingerprint density at radius 3 is 2.57 bits per heavy atom. The van der Waals surface area contributed by atoms with Crippen LogP contribution in [0.3, 0.4) is 0 Å². The number of carbonyl (C=O) groups is 2. The molecule has 0 bridgehead atoms. The standard InChI is InChI=1S/C25H25NO4/c1-18-10-12-21(13-11-18)24(27)22-9-5-15-26(22)14-4-8-19-6-3-7-20(16-19)17-23(30-2)25(28)29/h3-13,15-16,23H,14,17H2,1-2H3,(H,28,29)/b8-4+. The van der Waals surface area contributed by atoms with Gasteiger partial charge in [-0.1, -0.05) is 66.2 Å². The van der Waals surface area contributed by atoms with Crippen molar-refractivity contribution in [2.45, 2.75) is 26.0 Å². The number of carboxylic acid groups (broad SMARTS) is 1. The van der Waals surface area contributed by atoms with Crippen molar-refractivity contribution in [3.8, 4) is 0 Å². The largest absolute Gasteiger partial charge is 0.479 e. The summed E-state index contributed by atoms with van der Waals surface area (Å²) >= 11 is 0. The number of methoxy groups -OCH3 is 1. The Kier molecular flexibility index (Phi) is 6.99. The van der Waals surface area contributed by atoms with Crippen LogP contribution in [0.15, 0.2) is 72.9 Å². The Hall–Kier alpha value is -3.44. The first-order valence-corrected chi connectivity index (χ1v) is 9.75. The van der Waals surface area contributed by atoms with Crippen LogP contribution in [0, 0.1) is 6.92 Å². The summed E-state index contributed by atoms with van der Waals surface area (Å²) in [5.74, 6) is -0.980. The summed E-state index contributed by atoms with van der Waals surface area (Å²) in [5, 5.41) is 9.15. The van der Waals surface area contributed by atoms with Crippen LogP contribution in [-0.2, 0) is 22.5 Å². The molecule has 1 aromatic heterocycles. The first-order valence-electron chi connectivity index (χ1n) is 9.75. The quantitative estimate of drug-likeness (QED) is 0.538. The maximum absolute atomic E-state index is 12.8. The average Bonchev–Trinajstić information content (AvgIpc) is 3.20. The summed E-state index contributed by atoms with van der Waals surface area (Å²) in [6, 6.07) is 18.9. The number of hydrogen-bond acceptors (Lipinski definition) is 3. The van der Waals surface area contributed by atoms with Crippen molar-refractivity contribution in [3.63, 3.8) is 0 Å². The molecule has 0 saturated heterocycles. The molecule has 0 saturated carbocycles. The van der Waals surface area contributed by atoms with Crippen molar-refractivity contribution in [1.29, 1.82) is 0 Å². The van der Waals surface area contributed by atoms with Gasteiger partial charge in [0, 0.05) is 31.8 Å². The number of aliphatic carboxylic acids is 1. The summed E-state index contributed by atoms with van der Waals surface area (Å²) in [6.07, 6.45) is 5.28. The van der Waals surface area contributed by atoms with Gasteiger partial charge in [-0.2, -0.15) is 0 Å². The molecule has 1 N–H and O–H groups in total. The van der Waals surface area contributed by atoms with Crippen LogP contribution in [0.25, 0.3) is 6.08 Å². The van der Waals surface area contributed by atoms with Crippen LogP contribution in [0.2, 0.25) is 0 Å². The van der Waals surface area contributed by atoms with Crippen molar-refractivity contribution in [1.82, 2.24) is 4.57 Å². The maximum Gasteiger partial charge on any atom is 0.333 e. The van der Waals surface area contributed by atoms with E-state index in [-0.39, 0.29) is 5.78 Å². The molecule has 5 heteroatoms. The molecule has 0 aliphatic rings. The van der Waals surface area contributed by atoms with Gasteiger partial charge in [-0.05, 0) is 30.2 Å². The number of carboxylic acids is 1. The molecule has 0 radical (unpaired) electrons. The molecule has 0 aliphatic carbocycles. The van der Waals surface area contributed by atoms with Crippen LogP contribution in [0.1, 0.15) is 32.7 Å². The van der Waals surface area contributed by atoms with E-state index in [1.54, 1.807) is 0 Å². The predicted molar refractivity (Wildman–Crippen MR) is 117 cm³/mol. The Balaban J connectivity index is 1.69. The monoisotopic (exact) mass is 403 g/mol. The van der Waals surface area contributed by atoms with Crippen molar-refractivity contribution >= 4 is 17.8 Å². The third kappa shape index (κ3) is 5.33. The summed E-state index contributed by atoms with van der Waals surface area (Å²) in [6.45, 7) is 2.55. The molecule has 0 fully saturated rings. The second kappa shape index (κ2) is 9.85. The van der Waals surface area contributed by atoms with Gasteiger partial charge in [0.1, 0.15) is 0 Å². The number of nitrogens with zero attached hydrogens (tertiary/aromatic N) is 1. The van der Waals surface area contributed by atoms with Gasteiger partial charge in [-0.25, -0.2) is 4.79 Å². The third-order valence-corrected chi connectivity index (χ3v) is 4.92. The first-order chi connectivity index (χ1) is 14.5. The zero-order valence-electron chi connectivity index (χ0n) is 17.1. The lowest BCUT2D eigenvalue weighted by atomic mass is 10.0. The highest BCUT2D eigenvalue weighted by atomic mass is 16.5. The molecule has 30 heavy (non-hydrogen) atoms. The second-order valence-electron chi connectivity index (χ2n) is 7.16. The molecule has 1 unspecified atom stereocenters. The van der Waals surface area contributed by atoms with E-state index >= 15 is 0 Å². The van der Waals surface area contributed by atoms with Crippen LogP contribution >= 0.6 is 0 Å². The summed E-state index contributed by atoms with van der Waals surface area (Å²) in [7, 11) is 1.40. The highest BCUT2D eigenvalue weighted by Crippen LogP contribution is 2.14. The number of ketones is 1. The van der Waals surface area contributed by atoms with Gasteiger partial charge in [0.05, 0.1) is 5.69 Å². The van der Waals surface area contributed by atoms with Gasteiger partial charge in [0.2, 0.25) is 5.78 Å². The molecule has 3 aromatic rings. The fourth-order valence-corrected chi connectivity index (χ4v) is 3.24. The van der Waals surface area contributed by atoms with Crippen molar-refractivity contribution in [2.75, 3.05) is 7.11 Å². The van der Waals surface area contributed by atoms with E-state index in [1.165, 1.54) is 7.11 Å². The minimum atomic E-state index is -0.975. The molecule has 2 aromatic carbocycles. The average molecular weight is 403 g/mol. The molecule has 1 atom stereocenters. The van der Waals surface area contributed by atoms with E-state index in [9.17, 15) is 9.59 Å². The zero-order chi connectivity index (χ0) is 21.5. The minimum absolute atomic E-state index is 0.00493. The van der Waals surface area contributed by atoms with E-state index < -0.39 is 12.1 Å². The smallest absolute Gasteiger partial charge is 0.333 e. The van der Waals surface area contributed by atoms with Crippen LogP contribution in [0.5, 0.6) is 0 Å². The number of carbonyl (C=O) groups excluding carboxylic acids is 1. The van der Waals surface area contributed by atoms with Gasteiger partial charge >= 0.3 is 5.97 Å². The Morgan fingerprint density at radius 2 is 1.87 bits per heavy atom. The van der Waals surface area contributed by atoms with Crippen LogP contribution in [0.4, 0.5) is 0 Å². The summed E-state index contributed by atoms with van der Waals surface area (Å²) in [5.41, 5.74) is 4.28. The highest BCUT2D eigenvalue weighted by molar-refractivity contribution is 6.08. The molecule has 1 heterocycles. The summed E-state index contributed by atoms with van der Waals surface area (Å²) in [4.78, 5) is 24.0. The van der Waals surface area contributed by atoms with Crippen LogP contribution in [-0.4, -0.2) is 34.6 Å². The Bertz CT molecular complexity index is 1050.